The van der Waals surface area contributed by atoms with Gasteiger partial charge in [-0.1, -0.05) is 6.07 Å². The normalized spacial score (nSPS) is 9.60. The maximum absolute atomic E-state index is 10.3. The van der Waals surface area contributed by atoms with Crippen LogP contribution in [0, 0.1) is 20.8 Å². The van der Waals surface area contributed by atoms with Crippen LogP contribution in [0.4, 0.5) is 11.4 Å². The number of hydrogen-bond acceptors (Lipinski definition) is 4. The molecule has 0 atom stereocenters. The number of aryl methyl sites for hydroxylation is 2. The fourth-order valence-electron chi connectivity index (χ4n) is 1.74. The molecule has 0 spiro atoms. The van der Waals surface area contributed by atoms with E-state index in [-0.39, 0.29) is 6.73 Å². The van der Waals surface area contributed by atoms with E-state index < -0.39 is 0 Å². The summed E-state index contributed by atoms with van der Waals surface area (Å²) < 4.78 is 0. The Morgan fingerprint density at radius 3 is 2.60 bits per heavy atom. The molecular weight excluding hydrogens is 192 g/mol. The van der Waals surface area contributed by atoms with E-state index in [1.54, 1.807) is 0 Å². The highest BCUT2D eigenvalue weighted by atomic mass is 16.3. The van der Waals surface area contributed by atoms with Crippen molar-refractivity contribution < 1.29 is 9.90 Å². The van der Waals surface area contributed by atoms with Crippen molar-refractivity contribution in [3.63, 3.8) is 0 Å². The lowest BCUT2D eigenvalue weighted by Gasteiger charge is -2.14. The Bertz CT molecular complexity index is 421. The van der Waals surface area contributed by atoms with Gasteiger partial charge in [-0.3, -0.25) is 0 Å². The zero-order valence-corrected chi connectivity index (χ0v) is 9.09. The maximum atomic E-state index is 10.3. The number of nitrogens with zero attached hydrogens (tertiary/aromatic N) is 1. The van der Waals surface area contributed by atoms with Gasteiger partial charge in [0.05, 0.1) is 5.69 Å². The second-order valence-corrected chi connectivity index (χ2v) is 3.40. The molecule has 0 bridgehead atoms. The van der Waals surface area contributed by atoms with Crippen LogP contribution in [0.25, 0.3) is 0 Å². The topological polar surface area (TPSA) is 61.7 Å². The van der Waals surface area contributed by atoms with Crippen molar-refractivity contribution in [2.45, 2.75) is 20.8 Å². The first kappa shape index (κ1) is 11.4. The number of isocyanates is 1. The van der Waals surface area contributed by atoms with E-state index in [2.05, 4.69) is 10.3 Å². The molecule has 0 aliphatic rings. The van der Waals surface area contributed by atoms with E-state index in [0.717, 1.165) is 22.4 Å². The summed E-state index contributed by atoms with van der Waals surface area (Å²) in [6.45, 7) is 5.54. The first-order valence-corrected chi connectivity index (χ1v) is 4.65. The molecule has 0 saturated heterocycles. The summed E-state index contributed by atoms with van der Waals surface area (Å²) in [5.74, 6) is 0. The summed E-state index contributed by atoms with van der Waals surface area (Å²) in [7, 11) is 0. The van der Waals surface area contributed by atoms with Crippen LogP contribution in [-0.2, 0) is 4.79 Å². The van der Waals surface area contributed by atoms with Crippen LogP contribution in [0.1, 0.15) is 16.7 Å². The molecule has 80 valence electrons. The minimum atomic E-state index is -0.144. The van der Waals surface area contributed by atoms with E-state index in [0.29, 0.717) is 5.69 Å². The first-order valence-electron chi connectivity index (χ1n) is 4.65. The summed E-state index contributed by atoms with van der Waals surface area (Å²) in [4.78, 5) is 13.9. The average molecular weight is 206 g/mol. The molecule has 4 nitrogen and oxygen atoms in total. The molecule has 0 aliphatic carbocycles. The van der Waals surface area contributed by atoms with Gasteiger partial charge in [-0.15, -0.1) is 0 Å². The summed E-state index contributed by atoms with van der Waals surface area (Å²) in [5.41, 5.74) is 4.23. The summed E-state index contributed by atoms with van der Waals surface area (Å²) >= 11 is 0. The smallest absolute Gasteiger partial charge is 0.240 e. The maximum Gasteiger partial charge on any atom is 0.240 e. The predicted octanol–water partition coefficient (Wildman–Crippen LogP) is 1.94. The third-order valence-electron chi connectivity index (χ3n) is 2.34. The third-order valence-corrected chi connectivity index (χ3v) is 2.34. The van der Waals surface area contributed by atoms with Gasteiger partial charge in [0.1, 0.15) is 6.73 Å². The van der Waals surface area contributed by atoms with Gasteiger partial charge in [-0.05, 0) is 37.5 Å². The highest BCUT2D eigenvalue weighted by molar-refractivity contribution is 5.71. The van der Waals surface area contributed by atoms with Gasteiger partial charge in [0, 0.05) is 5.69 Å². The Morgan fingerprint density at radius 2 is 2.07 bits per heavy atom. The number of aliphatic hydroxyl groups excluding tert-OH is 1. The second kappa shape index (κ2) is 4.73. The van der Waals surface area contributed by atoms with E-state index in [4.69, 9.17) is 5.11 Å². The largest absolute Gasteiger partial charge is 0.377 e. The Labute approximate surface area is 88.7 Å². The van der Waals surface area contributed by atoms with Crippen LogP contribution < -0.4 is 5.32 Å². The van der Waals surface area contributed by atoms with Crippen LogP contribution in [0.15, 0.2) is 11.1 Å². The number of aliphatic imine (C=N–C) groups is 1. The second-order valence-electron chi connectivity index (χ2n) is 3.40. The first-order chi connectivity index (χ1) is 7.11. The fraction of sp³-hybridized carbons (Fsp3) is 0.364. The highest BCUT2D eigenvalue weighted by Crippen LogP contribution is 2.32. The molecule has 1 rings (SSSR count). The molecular formula is C11H14N2O2. The van der Waals surface area contributed by atoms with Gasteiger partial charge < -0.3 is 10.4 Å². The fourth-order valence-corrected chi connectivity index (χ4v) is 1.74. The zero-order valence-electron chi connectivity index (χ0n) is 9.09. The Kier molecular flexibility index (Phi) is 3.61. The van der Waals surface area contributed by atoms with Crippen molar-refractivity contribution in [3.05, 3.63) is 22.8 Å². The van der Waals surface area contributed by atoms with Crippen molar-refractivity contribution in [1.29, 1.82) is 0 Å². The van der Waals surface area contributed by atoms with Crippen LogP contribution in [-0.4, -0.2) is 17.9 Å². The third kappa shape index (κ3) is 2.24. The van der Waals surface area contributed by atoms with Gasteiger partial charge in [-0.2, -0.15) is 4.99 Å². The van der Waals surface area contributed by atoms with Crippen LogP contribution in [0.5, 0.6) is 0 Å². The lowest BCUT2D eigenvalue weighted by atomic mass is 10.0. The molecule has 2 N–H and O–H groups in total. The number of rotatable bonds is 3. The van der Waals surface area contributed by atoms with Crippen molar-refractivity contribution >= 4 is 17.5 Å². The Balaban J connectivity index is 3.41. The summed E-state index contributed by atoms with van der Waals surface area (Å²) in [5, 5.41) is 11.7. The molecule has 0 amide bonds. The molecule has 0 saturated carbocycles. The standard InChI is InChI=1S/C11H14N2O2/c1-7-4-8(2)11(13-6-15)9(3)10(7)12-5-14/h4,12,14H,5H2,1-3H3. The van der Waals surface area contributed by atoms with Crippen LogP contribution in [0.2, 0.25) is 0 Å². The van der Waals surface area contributed by atoms with Gasteiger partial charge in [0.2, 0.25) is 6.08 Å². The molecule has 0 aromatic heterocycles. The number of aliphatic hydroxyl groups is 1. The zero-order chi connectivity index (χ0) is 11.4. The van der Waals surface area contributed by atoms with Crippen LogP contribution in [0.3, 0.4) is 0 Å². The molecule has 0 heterocycles. The number of anilines is 1. The molecule has 1 aromatic carbocycles. The quantitative estimate of drug-likeness (QED) is 0.451. The van der Waals surface area contributed by atoms with Crippen molar-refractivity contribution in [3.8, 4) is 0 Å². The van der Waals surface area contributed by atoms with E-state index in [1.807, 2.05) is 26.8 Å². The van der Waals surface area contributed by atoms with E-state index in [1.165, 1.54) is 6.08 Å². The SMILES string of the molecule is Cc1cc(C)c(NCO)c(C)c1N=C=O. The lowest BCUT2D eigenvalue weighted by molar-refractivity contribution is 0.325. The average Bonchev–Trinajstić information content (AvgIpc) is 2.19. The predicted molar refractivity (Wildman–Crippen MR) is 59.1 cm³/mol. The minimum absolute atomic E-state index is 0.144. The highest BCUT2D eigenvalue weighted by Gasteiger charge is 2.09. The van der Waals surface area contributed by atoms with Gasteiger partial charge in [0.15, 0.2) is 0 Å². The van der Waals surface area contributed by atoms with Gasteiger partial charge >= 0.3 is 0 Å². The van der Waals surface area contributed by atoms with Crippen molar-refractivity contribution in [1.82, 2.24) is 0 Å². The Morgan fingerprint density at radius 1 is 1.40 bits per heavy atom. The van der Waals surface area contributed by atoms with E-state index >= 15 is 0 Å². The molecule has 1 aromatic rings. The van der Waals surface area contributed by atoms with E-state index in [9.17, 15) is 4.79 Å². The molecule has 0 aliphatic heterocycles. The van der Waals surface area contributed by atoms with Crippen molar-refractivity contribution in [2.75, 3.05) is 12.0 Å². The number of hydrogen-bond donors (Lipinski definition) is 2. The number of carbonyl (C=O) groups excluding carboxylic acids is 1. The molecule has 15 heavy (non-hydrogen) atoms. The van der Waals surface area contributed by atoms with Crippen LogP contribution >= 0.6 is 0 Å². The Hall–Kier alpha value is -1.64. The molecule has 4 heteroatoms. The number of nitrogens with one attached hydrogen (secondary N) is 1. The minimum Gasteiger partial charge on any atom is -0.377 e. The van der Waals surface area contributed by atoms with Gasteiger partial charge in [0.25, 0.3) is 0 Å². The van der Waals surface area contributed by atoms with Gasteiger partial charge in [-0.25, -0.2) is 4.79 Å². The monoisotopic (exact) mass is 206 g/mol. The van der Waals surface area contributed by atoms with Crippen molar-refractivity contribution in [2.24, 2.45) is 4.99 Å². The summed E-state index contributed by atoms with van der Waals surface area (Å²) in [6, 6.07) is 1.92. The lowest BCUT2D eigenvalue weighted by Crippen LogP contribution is -2.04. The number of benzene rings is 1. The summed E-state index contributed by atoms with van der Waals surface area (Å²) in [6.07, 6.45) is 1.54. The molecule has 0 fully saturated rings. The molecule has 0 unspecified atom stereocenters. The molecule has 0 radical (unpaired) electrons.